The smallest absolute Gasteiger partial charge is 0.370 e. The molecule has 5 rings (SSSR count). The van der Waals surface area contributed by atoms with Gasteiger partial charge in [0.1, 0.15) is 0 Å². The summed E-state index contributed by atoms with van der Waals surface area (Å²) in [4.78, 5) is 32.8. The highest BCUT2D eigenvalue weighted by Gasteiger charge is 2.43. The minimum atomic E-state index is -4.46. The lowest BCUT2D eigenvalue weighted by molar-refractivity contribution is -0.137. The Morgan fingerprint density at radius 1 is 1.02 bits per heavy atom. The number of pyridine rings is 1. The van der Waals surface area contributed by atoms with Gasteiger partial charge in [0.05, 0.1) is 28.6 Å². The molecule has 2 amide bonds. The van der Waals surface area contributed by atoms with Gasteiger partial charge in [0.2, 0.25) is 11.8 Å². The zero-order valence-electron chi connectivity index (χ0n) is 22.7. The summed E-state index contributed by atoms with van der Waals surface area (Å²) < 4.78 is 40.0. The number of rotatable bonds is 10. The number of carbonyl (C=O) groups is 2. The van der Waals surface area contributed by atoms with Gasteiger partial charge in [0, 0.05) is 37.3 Å². The molecule has 3 heterocycles. The summed E-state index contributed by atoms with van der Waals surface area (Å²) in [6, 6.07) is 16.0. The molecule has 7 nitrogen and oxygen atoms in total. The second-order valence-corrected chi connectivity index (χ2v) is 10.7. The Morgan fingerprint density at radius 2 is 1.85 bits per heavy atom. The molecule has 41 heavy (non-hydrogen) atoms. The minimum absolute atomic E-state index is 0.0243. The molecule has 2 atom stereocenters. The van der Waals surface area contributed by atoms with Crippen LogP contribution in [0.4, 0.5) is 24.5 Å². The van der Waals surface area contributed by atoms with Gasteiger partial charge in [-0.2, -0.15) is 13.2 Å². The molecule has 0 aliphatic carbocycles. The number of unbranched alkanes of at least 4 members (excludes halogenated alkanes) is 2. The van der Waals surface area contributed by atoms with Gasteiger partial charge in [0.15, 0.2) is 0 Å². The van der Waals surface area contributed by atoms with Crippen LogP contribution in [0.25, 0.3) is 11.3 Å². The van der Waals surface area contributed by atoms with E-state index >= 15 is 0 Å². The Balaban J connectivity index is 1.32. The van der Waals surface area contributed by atoms with Crippen molar-refractivity contribution in [3.63, 3.8) is 0 Å². The molecular weight excluding hydrogens is 531 g/mol. The maximum Gasteiger partial charge on any atom is 0.416 e. The molecule has 0 saturated carbocycles. The van der Waals surface area contributed by atoms with Crippen LogP contribution in [0.2, 0.25) is 0 Å². The fourth-order valence-electron chi connectivity index (χ4n) is 5.69. The number of nitrogens with zero attached hydrogens (tertiary/aromatic N) is 2. The molecular formula is C31H34F3N5O2. The van der Waals surface area contributed by atoms with Gasteiger partial charge in [-0.15, -0.1) is 0 Å². The monoisotopic (exact) mass is 565 g/mol. The topological polar surface area (TPSA) is 100 Å². The molecule has 2 bridgehead atoms. The highest BCUT2D eigenvalue weighted by atomic mass is 19.4. The average molecular weight is 566 g/mol. The van der Waals surface area contributed by atoms with Gasteiger partial charge in [-0.1, -0.05) is 30.7 Å². The van der Waals surface area contributed by atoms with E-state index in [1.807, 2.05) is 24.3 Å². The largest absolute Gasteiger partial charge is 0.416 e. The van der Waals surface area contributed by atoms with Crippen molar-refractivity contribution in [2.75, 3.05) is 29.9 Å². The molecule has 3 aromatic rings. The minimum Gasteiger partial charge on any atom is -0.370 e. The number of carbonyl (C=O) groups excluding carboxylic acids is 2. The SMILES string of the molecule is NCCCCCC(=O)NCc1cccc(NC(=O)C2c3nc(-c4cccc(C(F)(F)F)c4)ccc3N3CC[C@H]2C3)c1. The van der Waals surface area contributed by atoms with Crippen LogP contribution < -0.4 is 21.3 Å². The van der Waals surface area contributed by atoms with E-state index in [0.717, 1.165) is 62.2 Å². The fraction of sp³-hybridized carbons (Fsp3) is 0.387. The lowest BCUT2D eigenvalue weighted by Gasteiger charge is -2.32. The molecule has 2 aliphatic rings. The quantitative estimate of drug-likeness (QED) is 0.283. The third-order valence-corrected chi connectivity index (χ3v) is 7.79. The summed E-state index contributed by atoms with van der Waals surface area (Å²) in [7, 11) is 0. The van der Waals surface area contributed by atoms with E-state index in [1.165, 1.54) is 6.07 Å². The van der Waals surface area contributed by atoms with E-state index < -0.39 is 17.7 Å². The summed E-state index contributed by atoms with van der Waals surface area (Å²) in [5.74, 6) is -0.712. The number of hydrogen-bond donors (Lipinski definition) is 3. The summed E-state index contributed by atoms with van der Waals surface area (Å²) >= 11 is 0. The van der Waals surface area contributed by atoms with Crippen molar-refractivity contribution in [1.82, 2.24) is 10.3 Å². The highest BCUT2D eigenvalue weighted by Crippen LogP contribution is 2.45. The first-order chi connectivity index (χ1) is 19.7. The third-order valence-electron chi connectivity index (χ3n) is 7.79. The summed E-state index contributed by atoms with van der Waals surface area (Å²) in [5, 5.41) is 5.95. The molecule has 2 aliphatic heterocycles. The molecule has 1 fully saturated rings. The Morgan fingerprint density at radius 3 is 2.66 bits per heavy atom. The zero-order valence-corrected chi connectivity index (χ0v) is 22.7. The zero-order chi connectivity index (χ0) is 29.0. The number of fused-ring (bicyclic) bond motifs is 4. The number of nitrogens with two attached hydrogens (primary N) is 1. The van der Waals surface area contributed by atoms with E-state index in [2.05, 4.69) is 15.5 Å². The van der Waals surface area contributed by atoms with Crippen molar-refractivity contribution in [3.8, 4) is 11.3 Å². The maximum absolute atomic E-state index is 13.7. The third kappa shape index (κ3) is 6.70. The van der Waals surface area contributed by atoms with Gasteiger partial charge in [-0.3, -0.25) is 9.59 Å². The van der Waals surface area contributed by atoms with E-state index in [9.17, 15) is 22.8 Å². The summed E-state index contributed by atoms with van der Waals surface area (Å²) in [6.45, 7) is 2.50. The van der Waals surface area contributed by atoms with Crippen molar-refractivity contribution >= 4 is 23.2 Å². The van der Waals surface area contributed by atoms with Crippen LogP contribution in [0.1, 0.15) is 54.8 Å². The second kappa shape index (κ2) is 12.3. The van der Waals surface area contributed by atoms with Crippen LogP contribution in [-0.4, -0.2) is 36.4 Å². The van der Waals surface area contributed by atoms with E-state index in [0.29, 0.717) is 42.1 Å². The number of aromatic nitrogens is 1. The van der Waals surface area contributed by atoms with E-state index in [1.54, 1.807) is 18.2 Å². The van der Waals surface area contributed by atoms with E-state index in [-0.39, 0.29) is 17.7 Å². The number of benzene rings is 2. The van der Waals surface area contributed by atoms with Crippen molar-refractivity contribution in [2.45, 2.75) is 50.7 Å². The first-order valence-corrected chi connectivity index (χ1v) is 14.0. The molecule has 1 saturated heterocycles. The van der Waals surface area contributed by atoms with Gasteiger partial charge in [0.25, 0.3) is 0 Å². The van der Waals surface area contributed by atoms with Gasteiger partial charge >= 0.3 is 6.18 Å². The molecule has 1 unspecified atom stereocenters. The lowest BCUT2D eigenvalue weighted by atomic mass is 9.84. The molecule has 10 heteroatoms. The number of alkyl halides is 3. The number of anilines is 2. The second-order valence-electron chi connectivity index (χ2n) is 10.7. The lowest BCUT2D eigenvalue weighted by Crippen LogP contribution is -2.36. The predicted molar refractivity (Wildman–Crippen MR) is 152 cm³/mol. The first-order valence-electron chi connectivity index (χ1n) is 14.0. The Kier molecular flexibility index (Phi) is 8.58. The number of hydrogen-bond acceptors (Lipinski definition) is 5. The van der Waals surface area contributed by atoms with Crippen LogP contribution in [0.3, 0.4) is 0 Å². The van der Waals surface area contributed by atoms with Gasteiger partial charge in [-0.25, -0.2) is 4.98 Å². The number of amides is 2. The van der Waals surface area contributed by atoms with Gasteiger partial charge < -0.3 is 21.3 Å². The molecule has 1 aromatic heterocycles. The molecule has 0 radical (unpaired) electrons. The maximum atomic E-state index is 13.7. The molecule has 0 spiro atoms. The Bertz CT molecular complexity index is 1410. The normalized spacial score (nSPS) is 17.7. The number of nitrogens with one attached hydrogen (secondary N) is 2. The van der Waals surface area contributed by atoms with Crippen LogP contribution in [0.5, 0.6) is 0 Å². The van der Waals surface area contributed by atoms with Gasteiger partial charge in [-0.05, 0) is 73.7 Å². The van der Waals surface area contributed by atoms with Crippen LogP contribution >= 0.6 is 0 Å². The summed E-state index contributed by atoms with van der Waals surface area (Å²) in [6.07, 6.45) is -0.564. The Hall–Kier alpha value is -3.92. The Labute approximate surface area is 237 Å². The van der Waals surface area contributed by atoms with Crippen LogP contribution in [0.15, 0.2) is 60.7 Å². The van der Waals surface area contributed by atoms with Crippen LogP contribution in [-0.2, 0) is 22.3 Å². The molecule has 216 valence electrons. The van der Waals surface area contributed by atoms with Crippen molar-refractivity contribution in [1.29, 1.82) is 0 Å². The molecule has 4 N–H and O–H groups in total. The summed E-state index contributed by atoms with van der Waals surface area (Å²) in [5.41, 5.74) is 8.41. The van der Waals surface area contributed by atoms with Crippen molar-refractivity contribution in [2.24, 2.45) is 11.7 Å². The average Bonchev–Trinajstić information content (AvgIpc) is 3.38. The van der Waals surface area contributed by atoms with Crippen molar-refractivity contribution < 1.29 is 22.8 Å². The number of halogens is 3. The fourth-order valence-corrected chi connectivity index (χ4v) is 5.69. The van der Waals surface area contributed by atoms with Crippen LogP contribution in [0, 0.1) is 5.92 Å². The predicted octanol–water partition coefficient (Wildman–Crippen LogP) is 5.46. The molecule has 2 aromatic carbocycles. The highest BCUT2D eigenvalue weighted by molar-refractivity contribution is 5.97. The van der Waals surface area contributed by atoms with E-state index in [4.69, 9.17) is 10.7 Å². The standard InChI is InChI=1S/C31H34F3N5O2/c32-31(33,34)23-8-5-7-21(17-23)25-11-12-26-29(38-25)28(22-13-15-39(26)19-22)30(41)37-24-9-4-6-20(16-24)18-36-27(40)10-2-1-3-14-35/h4-9,11-12,16-17,22,28H,1-3,10,13-15,18-19,35H2,(H,36,40)(H,37,41)/t22-,28?/m0/s1. The van der Waals surface area contributed by atoms with Crippen molar-refractivity contribution in [3.05, 3.63) is 77.5 Å². The first kappa shape index (κ1) is 28.6.